The SMILES string of the molecule is C=CC(CCCCCC(=O)O)OC(C)=O. The molecule has 0 rings (SSSR count). The van der Waals surface area contributed by atoms with Gasteiger partial charge in [0.15, 0.2) is 0 Å². The molecule has 0 aromatic rings. The molecule has 0 saturated heterocycles. The number of carbonyl (C=O) groups excluding carboxylic acids is 1. The third-order valence-electron chi connectivity index (χ3n) is 1.96. The molecule has 0 amide bonds. The van der Waals surface area contributed by atoms with Crippen LogP contribution in [0.3, 0.4) is 0 Å². The number of carboxylic acid groups (broad SMARTS) is 1. The van der Waals surface area contributed by atoms with Gasteiger partial charge in [0.25, 0.3) is 0 Å². The monoisotopic (exact) mass is 214 g/mol. The van der Waals surface area contributed by atoms with Crippen LogP contribution >= 0.6 is 0 Å². The number of ether oxygens (including phenoxy) is 1. The number of hydrogen-bond acceptors (Lipinski definition) is 3. The minimum Gasteiger partial charge on any atom is -0.481 e. The van der Waals surface area contributed by atoms with Crippen molar-refractivity contribution >= 4 is 11.9 Å². The Bertz CT molecular complexity index is 223. The summed E-state index contributed by atoms with van der Waals surface area (Å²) in [7, 11) is 0. The Balaban J connectivity index is 3.50. The van der Waals surface area contributed by atoms with Crippen molar-refractivity contribution in [1.82, 2.24) is 0 Å². The molecule has 4 nitrogen and oxygen atoms in total. The second-order valence-electron chi connectivity index (χ2n) is 3.38. The van der Waals surface area contributed by atoms with Gasteiger partial charge in [-0.3, -0.25) is 9.59 Å². The van der Waals surface area contributed by atoms with Gasteiger partial charge < -0.3 is 9.84 Å². The highest BCUT2D eigenvalue weighted by Crippen LogP contribution is 2.09. The van der Waals surface area contributed by atoms with E-state index >= 15 is 0 Å². The Hall–Kier alpha value is -1.32. The molecule has 0 spiro atoms. The van der Waals surface area contributed by atoms with Crippen molar-refractivity contribution in [3.8, 4) is 0 Å². The number of carboxylic acids is 1. The van der Waals surface area contributed by atoms with E-state index in [2.05, 4.69) is 6.58 Å². The highest BCUT2D eigenvalue weighted by molar-refractivity contribution is 5.66. The summed E-state index contributed by atoms with van der Waals surface area (Å²) in [6.07, 6.45) is 4.61. The summed E-state index contributed by atoms with van der Waals surface area (Å²) in [4.78, 5) is 20.9. The van der Waals surface area contributed by atoms with Gasteiger partial charge in [0, 0.05) is 13.3 Å². The molecule has 0 aliphatic rings. The third kappa shape index (κ3) is 9.00. The molecule has 0 saturated carbocycles. The van der Waals surface area contributed by atoms with Gasteiger partial charge in [-0.05, 0) is 19.3 Å². The van der Waals surface area contributed by atoms with Crippen molar-refractivity contribution in [2.24, 2.45) is 0 Å². The van der Waals surface area contributed by atoms with Crippen LogP contribution in [0.2, 0.25) is 0 Å². The van der Waals surface area contributed by atoms with Crippen LogP contribution in [0.4, 0.5) is 0 Å². The quantitative estimate of drug-likeness (QED) is 0.382. The van der Waals surface area contributed by atoms with Crippen molar-refractivity contribution in [2.75, 3.05) is 0 Å². The maximum Gasteiger partial charge on any atom is 0.303 e. The molecule has 0 heterocycles. The molecule has 0 aliphatic heterocycles. The van der Waals surface area contributed by atoms with Crippen LogP contribution in [-0.2, 0) is 14.3 Å². The molecule has 1 unspecified atom stereocenters. The predicted octanol–water partition coefficient (Wildman–Crippen LogP) is 2.14. The number of rotatable bonds is 8. The van der Waals surface area contributed by atoms with Gasteiger partial charge in [-0.25, -0.2) is 0 Å². The maximum atomic E-state index is 10.6. The van der Waals surface area contributed by atoms with E-state index < -0.39 is 5.97 Å². The molecular formula is C11H18O4. The fraction of sp³-hybridized carbons (Fsp3) is 0.636. The van der Waals surface area contributed by atoms with Crippen LogP contribution in [0.5, 0.6) is 0 Å². The summed E-state index contributed by atoms with van der Waals surface area (Å²) in [5, 5.41) is 8.40. The van der Waals surface area contributed by atoms with Crippen LogP contribution in [0.1, 0.15) is 39.0 Å². The average molecular weight is 214 g/mol. The normalized spacial score (nSPS) is 11.8. The molecule has 1 N–H and O–H groups in total. The fourth-order valence-electron chi connectivity index (χ4n) is 1.24. The van der Waals surface area contributed by atoms with Crippen molar-refractivity contribution in [3.05, 3.63) is 12.7 Å². The van der Waals surface area contributed by atoms with Gasteiger partial charge in [0.05, 0.1) is 0 Å². The van der Waals surface area contributed by atoms with E-state index in [4.69, 9.17) is 9.84 Å². The first-order valence-corrected chi connectivity index (χ1v) is 5.08. The third-order valence-corrected chi connectivity index (χ3v) is 1.96. The number of esters is 1. The Morgan fingerprint density at radius 2 is 2.07 bits per heavy atom. The van der Waals surface area contributed by atoms with Gasteiger partial charge in [-0.2, -0.15) is 0 Å². The Morgan fingerprint density at radius 3 is 2.53 bits per heavy atom. The summed E-state index contributed by atoms with van der Waals surface area (Å²) in [6.45, 7) is 4.93. The smallest absolute Gasteiger partial charge is 0.303 e. The standard InChI is InChI=1S/C11H18O4/c1-3-10(15-9(2)12)7-5-4-6-8-11(13)14/h3,10H,1,4-8H2,2H3,(H,13,14). The van der Waals surface area contributed by atoms with Crippen LogP contribution < -0.4 is 0 Å². The number of carbonyl (C=O) groups is 2. The minimum absolute atomic E-state index is 0.201. The maximum absolute atomic E-state index is 10.6. The highest BCUT2D eigenvalue weighted by Gasteiger charge is 2.06. The van der Waals surface area contributed by atoms with E-state index in [1.165, 1.54) is 6.92 Å². The van der Waals surface area contributed by atoms with Crippen LogP contribution in [0.15, 0.2) is 12.7 Å². The molecule has 0 fully saturated rings. The Labute approximate surface area is 89.9 Å². The Kier molecular flexibility index (Phi) is 7.32. The van der Waals surface area contributed by atoms with Gasteiger partial charge in [0.2, 0.25) is 0 Å². The molecule has 0 bridgehead atoms. The fourth-order valence-corrected chi connectivity index (χ4v) is 1.24. The van der Waals surface area contributed by atoms with Crippen LogP contribution in [0, 0.1) is 0 Å². The van der Waals surface area contributed by atoms with E-state index in [9.17, 15) is 9.59 Å². The molecule has 1 atom stereocenters. The first-order chi connectivity index (χ1) is 7.06. The lowest BCUT2D eigenvalue weighted by atomic mass is 10.1. The average Bonchev–Trinajstić information content (AvgIpc) is 2.14. The van der Waals surface area contributed by atoms with Crippen molar-refractivity contribution < 1.29 is 19.4 Å². The van der Waals surface area contributed by atoms with E-state index in [1.54, 1.807) is 6.08 Å². The lowest BCUT2D eigenvalue weighted by Gasteiger charge is -2.11. The van der Waals surface area contributed by atoms with E-state index in [1.807, 2.05) is 0 Å². The zero-order valence-corrected chi connectivity index (χ0v) is 9.07. The molecule has 0 aromatic carbocycles. The highest BCUT2D eigenvalue weighted by atomic mass is 16.5. The molecular weight excluding hydrogens is 196 g/mol. The molecule has 15 heavy (non-hydrogen) atoms. The second kappa shape index (κ2) is 8.03. The lowest BCUT2D eigenvalue weighted by Crippen LogP contribution is -2.13. The van der Waals surface area contributed by atoms with Gasteiger partial charge in [-0.15, -0.1) is 0 Å². The number of unbranched alkanes of at least 4 members (excludes halogenated alkanes) is 2. The molecule has 0 radical (unpaired) electrons. The summed E-state index contributed by atoms with van der Waals surface area (Å²) < 4.78 is 4.95. The van der Waals surface area contributed by atoms with Crippen molar-refractivity contribution in [2.45, 2.75) is 45.1 Å². The molecule has 0 aliphatic carbocycles. The van der Waals surface area contributed by atoms with Gasteiger partial charge in [-0.1, -0.05) is 19.1 Å². The predicted molar refractivity (Wildman–Crippen MR) is 56.5 cm³/mol. The van der Waals surface area contributed by atoms with Crippen molar-refractivity contribution in [1.29, 1.82) is 0 Å². The first-order valence-electron chi connectivity index (χ1n) is 5.08. The summed E-state index contributed by atoms with van der Waals surface area (Å²) in [5.41, 5.74) is 0. The first kappa shape index (κ1) is 13.7. The van der Waals surface area contributed by atoms with E-state index in [-0.39, 0.29) is 18.5 Å². The van der Waals surface area contributed by atoms with Crippen LogP contribution in [-0.4, -0.2) is 23.1 Å². The summed E-state index contributed by atoms with van der Waals surface area (Å²) in [5.74, 6) is -1.08. The zero-order valence-electron chi connectivity index (χ0n) is 9.07. The van der Waals surface area contributed by atoms with Gasteiger partial charge in [0.1, 0.15) is 6.10 Å². The molecule has 0 aromatic heterocycles. The summed E-state index contributed by atoms with van der Waals surface area (Å²) in [6, 6.07) is 0. The molecule has 4 heteroatoms. The summed E-state index contributed by atoms with van der Waals surface area (Å²) >= 11 is 0. The van der Waals surface area contributed by atoms with Crippen LogP contribution in [0.25, 0.3) is 0 Å². The zero-order chi connectivity index (χ0) is 11.7. The number of hydrogen-bond donors (Lipinski definition) is 1. The molecule has 86 valence electrons. The topological polar surface area (TPSA) is 63.6 Å². The second-order valence-corrected chi connectivity index (χ2v) is 3.38. The van der Waals surface area contributed by atoms with E-state index in [0.717, 1.165) is 12.8 Å². The van der Waals surface area contributed by atoms with Crippen molar-refractivity contribution in [3.63, 3.8) is 0 Å². The lowest BCUT2D eigenvalue weighted by molar-refractivity contribution is -0.144. The minimum atomic E-state index is -0.768. The largest absolute Gasteiger partial charge is 0.481 e. The Morgan fingerprint density at radius 1 is 1.40 bits per heavy atom. The van der Waals surface area contributed by atoms with Gasteiger partial charge >= 0.3 is 11.9 Å². The van der Waals surface area contributed by atoms with E-state index in [0.29, 0.717) is 12.8 Å². The number of aliphatic carboxylic acids is 1.